The Morgan fingerprint density at radius 3 is 1.17 bits per heavy atom. The molecule has 0 heterocycles. The Morgan fingerprint density at radius 1 is 0.625 bits per heavy atom. The molecule has 0 saturated heterocycles. The van der Waals surface area contributed by atoms with Crippen LogP contribution in [0.2, 0.25) is 0 Å². The Kier molecular flexibility index (Phi) is 7.79. The minimum Gasteiger partial charge on any atom is -0.550 e. The van der Waals surface area contributed by atoms with E-state index in [0.29, 0.717) is 0 Å². The van der Waals surface area contributed by atoms with Crippen molar-refractivity contribution in [3.63, 3.8) is 0 Å². The molecule has 24 heavy (non-hydrogen) atoms. The summed E-state index contributed by atoms with van der Waals surface area (Å²) in [6, 6.07) is 0. The van der Waals surface area contributed by atoms with E-state index in [1.165, 1.54) is 0 Å². The van der Waals surface area contributed by atoms with E-state index >= 15 is 0 Å². The number of carboxylic acid groups (broad SMARTS) is 1. The molecule has 0 aromatic heterocycles. The van der Waals surface area contributed by atoms with Gasteiger partial charge in [0.2, 0.25) is 0 Å². The molecule has 0 rings (SSSR count). The number of carboxylic acids is 1. The van der Waals surface area contributed by atoms with E-state index < -0.39 is 48.2 Å². The predicted octanol–water partition coefficient (Wildman–Crippen LogP) is -0.131. The minimum atomic E-state index is -8.03. The molecule has 2 nitrogen and oxygen atoms in total. The van der Waals surface area contributed by atoms with Crippen LogP contribution in [0.15, 0.2) is 0 Å². The summed E-state index contributed by atoms with van der Waals surface area (Å²) in [5.74, 6) is -41.2. The zero-order chi connectivity index (χ0) is 19.3. The van der Waals surface area contributed by atoms with Crippen molar-refractivity contribution in [2.45, 2.75) is 42.2 Å². The van der Waals surface area contributed by atoms with Gasteiger partial charge in [-0.05, 0) is 0 Å². The van der Waals surface area contributed by atoms with Crippen LogP contribution in [0.3, 0.4) is 0 Å². The Balaban J connectivity index is 0. The maximum atomic E-state index is 12.8. The van der Waals surface area contributed by atoms with Gasteiger partial charge in [0.1, 0.15) is 0 Å². The van der Waals surface area contributed by atoms with Crippen LogP contribution in [-0.4, -0.2) is 41.8 Å². The molecule has 0 aliphatic heterocycles. The molecule has 0 radical (unpaired) electrons. The maximum absolute atomic E-state index is 12.8. The van der Waals surface area contributed by atoms with Crippen LogP contribution < -0.4 is 56.5 Å². The quantitative estimate of drug-likeness (QED) is 0.447. The summed E-state index contributed by atoms with van der Waals surface area (Å²) in [4.78, 5) is 9.71. The van der Waals surface area contributed by atoms with Gasteiger partial charge in [0.05, 0.1) is 6.42 Å². The molecule has 0 saturated carbocycles. The predicted molar refractivity (Wildman–Crippen MR) is 40.4 cm³/mol. The zero-order valence-corrected chi connectivity index (χ0v) is 14.1. The molecule has 0 spiro atoms. The second-order valence-electron chi connectivity index (χ2n) is 4.05. The Labute approximate surface area is 165 Å². The number of aliphatic carboxylic acids is 1. The van der Waals surface area contributed by atoms with E-state index in [1.807, 2.05) is 0 Å². The fourth-order valence-electron chi connectivity index (χ4n) is 1.09. The molecule has 138 valence electrons. The van der Waals surface area contributed by atoms with E-state index in [4.69, 9.17) is 0 Å². The van der Waals surface area contributed by atoms with Crippen molar-refractivity contribution in [3.8, 4) is 0 Å². The summed E-state index contributed by atoms with van der Waals surface area (Å²) in [6.07, 6.45) is -10.8. The first-order valence-electron chi connectivity index (χ1n) is 4.82. The molecule has 0 aliphatic carbocycles. The number of halogens is 13. The van der Waals surface area contributed by atoms with Crippen molar-refractivity contribution >= 4 is 5.97 Å². The number of alkyl halides is 13. The van der Waals surface area contributed by atoms with Crippen molar-refractivity contribution in [1.29, 1.82) is 0 Å². The summed E-state index contributed by atoms with van der Waals surface area (Å²) >= 11 is 0. The first-order chi connectivity index (χ1) is 9.67. The minimum absolute atomic E-state index is 0. The van der Waals surface area contributed by atoms with E-state index in [0.717, 1.165) is 0 Å². The summed E-state index contributed by atoms with van der Waals surface area (Å²) in [5, 5.41) is 9.71. The average Bonchev–Trinajstić information content (AvgIpc) is 2.24. The molecular weight excluding hydrogens is 414 g/mol. The fourth-order valence-corrected chi connectivity index (χ4v) is 1.09. The molecule has 0 unspecified atom stereocenters. The summed E-state index contributed by atoms with van der Waals surface area (Å²) in [7, 11) is 0. The van der Waals surface area contributed by atoms with Gasteiger partial charge in [-0.2, -0.15) is 57.1 Å². The van der Waals surface area contributed by atoms with E-state index in [1.54, 1.807) is 0 Å². The Hall–Kier alpha value is 0.196. The van der Waals surface area contributed by atoms with Gasteiger partial charge in [-0.3, -0.25) is 0 Å². The van der Waals surface area contributed by atoms with Gasteiger partial charge in [0.15, 0.2) is 0 Å². The van der Waals surface area contributed by atoms with Crippen molar-refractivity contribution in [3.05, 3.63) is 0 Å². The largest absolute Gasteiger partial charge is 1.00 e. The molecule has 0 aromatic rings. The molecular formula is C8H2F13KO2. The molecule has 0 aromatic carbocycles. The van der Waals surface area contributed by atoms with Crippen LogP contribution in [-0.2, 0) is 4.79 Å². The van der Waals surface area contributed by atoms with Gasteiger partial charge >= 0.3 is 87.2 Å². The number of hydrogen-bond acceptors (Lipinski definition) is 2. The van der Waals surface area contributed by atoms with Crippen LogP contribution >= 0.6 is 0 Å². The van der Waals surface area contributed by atoms with Crippen LogP contribution in [0.25, 0.3) is 0 Å². The van der Waals surface area contributed by atoms with E-state index in [2.05, 4.69) is 0 Å². The maximum Gasteiger partial charge on any atom is 1.00 e. The van der Waals surface area contributed by atoms with E-state index in [-0.39, 0.29) is 51.4 Å². The average molecular weight is 416 g/mol. The molecule has 16 heteroatoms. The Morgan fingerprint density at radius 2 is 0.917 bits per heavy atom. The van der Waals surface area contributed by atoms with Crippen molar-refractivity contribution < 1.29 is 118 Å². The van der Waals surface area contributed by atoms with Gasteiger partial charge in [-0.15, -0.1) is 0 Å². The molecule has 0 atom stereocenters. The second kappa shape index (κ2) is 7.07. The van der Waals surface area contributed by atoms with Crippen LogP contribution in [0.4, 0.5) is 57.1 Å². The van der Waals surface area contributed by atoms with Gasteiger partial charge in [-0.1, -0.05) is 0 Å². The number of hydrogen-bond donors (Lipinski definition) is 0. The monoisotopic (exact) mass is 416 g/mol. The first kappa shape index (κ1) is 26.4. The third-order valence-electron chi connectivity index (χ3n) is 2.36. The van der Waals surface area contributed by atoms with Crippen molar-refractivity contribution in [2.24, 2.45) is 0 Å². The van der Waals surface area contributed by atoms with Crippen LogP contribution in [0.1, 0.15) is 6.42 Å². The number of rotatable bonds is 6. The topological polar surface area (TPSA) is 40.1 Å². The number of carbonyl (C=O) groups is 1. The van der Waals surface area contributed by atoms with Crippen molar-refractivity contribution in [1.82, 2.24) is 0 Å². The molecule has 0 aliphatic rings. The SMILES string of the molecule is O=C([O-])CC(F)(F)C(F)(F)C(F)(F)C(F)(F)C(F)(F)C(F)(F)F.[K+]. The normalized spacial score (nSPS) is 15.0. The Bertz CT molecular complexity index is 469. The fraction of sp³-hybridized carbons (Fsp3) is 0.875. The van der Waals surface area contributed by atoms with Crippen LogP contribution in [0, 0.1) is 0 Å². The standard InChI is InChI=1S/C8H3F13O2.K/c9-3(10,1-2(22)23)4(11,12)5(13,14)6(15,16)7(17,18)8(19,20)21;/h1H2,(H,22,23);/q;+1/p-1. The zero-order valence-electron chi connectivity index (χ0n) is 10.9. The third kappa shape index (κ3) is 3.96. The molecule has 0 bridgehead atoms. The van der Waals surface area contributed by atoms with Crippen molar-refractivity contribution in [2.75, 3.05) is 0 Å². The summed E-state index contributed by atoms with van der Waals surface area (Å²) < 4.78 is 161. The molecule has 0 amide bonds. The van der Waals surface area contributed by atoms with Gasteiger partial charge < -0.3 is 9.90 Å². The third-order valence-corrected chi connectivity index (χ3v) is 2.36. The summed E-state index contributed by atoms with van der Waals surface area (Å²) in [6.45, 7) is 0. The molecule has 0 fully saturated rings. The molecule has 0 N–H and O–H groups in total. The van der Waals surface area contributed by atoms with E-state index in [9.17, 15) is 67.0 Å². The smallest absolute Gasteiger partial charge is 0.550 e. The summed E-state index contributed by atoms with van der Waals surface area (Å²) in [5.41, 5.74) is 0. The van der Waals surface area contributed by atoms with Gasteiger partial charge in [-0.25, -0.2) is 0 Å². The van der Waals surface area contributed by atoms with Gasteiger partial charge in [0.25, 0.3) is 0 Å². The first-order valence-corrected chi connectivity index (χ1v) is 4.82. The van der Waals surface area contributed by atoms with Gasteiger partial charge in [0, 0.05) is 5.97 Å². The number of carbonyl (C=O) groups excluding carboxylic acids is 1. The second-order valence-corrected chi connectivity index (χ2v) is 4.05. The van der Waals surface area contributed by atoms with Crippen LogP contribution in [0.5, 0.6) is 0 Å².